The highest BCUT2D eigenvalue weighted by Crippen LogP contribution is 2.26. The highest BCUT2D eigenvalue weighted by Gasteiger charge is 2.38. The molecule has 0 aromatic heterocycles. The molecule has 0 saturated carbocycles. The molecule has 2 aliphatic heterocycles. The van der Waals surface area contributed by atoms with E-state index in [0.29, 0.717) is 31.5 Å². The Morgan fingerprint density at radius 3 is 2.27 bits per heavy atom. The molecule has 166 valence electrons. The van der Waals surface area contributed by atoms with Crippen LogP contribution >= 0.6 is 0 Å². The van der Waals surface area contributed by atoms with Gasteiger partial charge in [-0.05, 0) is 64.5 Å². The molecule has 1 N–H and O–H groups in total. The number of rotatable bonds is 6. The van der Waals surface area contributed by atoms with Crippen LogP contribution in [0.15, 0.2) is 24.3 Å². The molecule has 0 aliphatic carbocycles. The number of carbonyl (C=O) groups is 2. The molecular weight excluding hydrogens is 402 g/mol. The second kappa shape index (κ2) is 9.47. The van der Waals surface area contributed by atoms with E-state index in [2.05, 4.69) is 5.32 Å². The first kappa shape index (κ1) is 22.7. The number of aryl methyl sites for hydroxylation is 1. The molecule has 0 radical (unpaired) electrons. The van der Waals surface area contributed by atoms with Gasteiger partial charge in [-0.25, -0.2) is 12.7 Å². The molecule has 1 aromatic rings. The van der Waals surface area contributed by atoms with E-state index >= 15 is 0 Å². The van der Waals surface area contributed by atoms with E-state index in [0.717, 1.165) is 31.5 Å². The van der Waals surface area contributed by atoms with Crippen molar-refractivity contribution >= 4 is 21.8 Å². The zero-order valence-corrected chi connectivity index (χ0v) is 19.0. The van der Waals surface area contributed by atoms with Gasteiger partial charge in [0.15, 0.2) is 0 Å². The summed E-state index contributed by atoms with van der Waals surface area (Å²) in [5.74, 6) is -0.377. The smallest absolute Gasteiger partial charge is 0.251 e. The number of likely N-dealkylation sites (tertiary alicyclic amines) is 1. The van der Waals surface area contributed by atoms with E-state index in [4.69, 9.17) is 0 Å². The molecule has 2 saturated heterocycles. The maximum atomic E-state index is 13.2. The van der Waals surface area contributed by atoms with Crippen LogP contribution in [0.5, 0.6) is 0 Å². The predicted octanol–water partition coefficient (Wildman–Crippen LogP) is 2.17. The quantitative estimate of drug-likeness (QED) is 0.742. The zero-order valence-electron chi connectivity index (χ0n) is 18.1. The van der Waals surface area contributed by atoms with Gasteiger partial charge in [0.25, 0.3) is 5.91 Å². The summed E-state index contributed by atoms with van der Waals surface area (Å²) in [6, 6.07) is 6.69. The van der Waals surface area contributed by atoms with E-state index in [1.54, 1.807) is 19.9 Å². The lowest BCUT2D eigenvalue weighted by atomic mass is 9.89. The summed E-state index contributed by atoms with van der Waals surface area (Å²) in [4.78, 5) is 28.0. The van der Waals surface area contributed by atoms with Crippen LogP contribution in [-0.2, 0) is 14.8 Å². The number of piperidine rings is 1. The van der Waals surface area contributed by atoms with Gasteiger partial charge in [0, 0.05) is 31.7 Å². The van der Waals surface area contributed by atoms with Gasteiger partial charge >= 0.3 is 0 Å². The summed E-state index contributed by atoms with van der Waals surface area (Å²) < 4.78 is 26.5. The number of nitrogens with zero attached hydrogens (tertiary/aromatic N) is 2. The number of nitrogens with one attached hydrogen (secondary N) is 1. The Balaban J connectivity index is 1.75. The van der Waals surface area contributed by atoms with Crippen LogP contribution < -0.4 is 5.32 Å². The minimum absolute atomic E-state index is 0.0429. The van der Waals surface area contributed by atoms with Crippen LogP contribution in [0.3, 0.4) is 0 Å². The highest BCUT2D eigenvalue weighted by atomic mass is 32.2. The first-order chi connectivity index (χ1) is 14.2. The maximum absolute atomic E-state index is 13.2. The average Bonchev–Trinajstić information content (AvgIpc) is 3.26. The second-order valence-corrected chi connectivity index (χ2v) is 11.2. The molecule has 2 aliphatic rings. The molecule has 8 heteroatoms. The fraction of sp³-hybridized carbons (Fsp3) is 0.636. The fourth-order valence-electron chi connectivity index (χ4n) is 4.29. The molecule has 0 bridgehead atoms. The first-order valence-corrected chi connectivity index (χ1v) is 12.4. The van der Waals surface area contributed by atoms with Crippen molar-refractivity contribution in [3.63, 3.8) is 0 Å². The topological polar surface area (TPSA) is 86.8 Å². The van der Waals surface area contributed by atoms with Gasteiger partial charge in [-0.2, -0.15) is 0 Å². The summed E-state index contributed by atoms with van der Waals surface area (Å²) in [6.07, 6.45) is 3.08. The van der Waals surface area contributed by atoms with E-state index in [-0.39, 0.29) is 17.7 Å². The summed E-state index contributed by atoms with van der Waals surface area (Å²) in [5.41, 5.74) is 1.52. The molecule has 1 aromatic carbocycles. The normalized spacial score (nSPS) is 19.8. The highest BCUT2D eigenvalue weighted by molar-refractivity contribution is 7.89. The van der Waals surface area contributed by atoms with Crippen molar-refractivity contribution in [1.29, 1.82) is 0 Å². The van der Waals surface area contributed by atoms with Gasteiger partial charge in [0.1, 0.15) is 6.04 Å². The van der Waals surface area contributed by atoms with Crippen LogP contribution in [0.4, 0.5) is 0 Å². The number of hydrogen-bond donors (Lipinski definition) is 1. The van der Waals surface area contributed by atoms with Gasteiger partial charge in [0.2, 0.25) is 15.9 Å². The summed E-state index contributed by atoms with van der Waals surface area (Å²) in [5, 5.41) is 2.52. The number of hydrogen-bond acceptors (Lipinski definition) is 4. The first-order valence-electron chi connectivity index (χ1n) is 10.9. The molecular formula is C22H33N3O4S. The van der Waals surface area contributed by atoms with E-state index in [9.17, 15) is 18.0 Å². The minimum atomic E-state index is -3.31. The van der Waals surface area contributed by atoms with E-state index < -0.39 is 21.3 Å². The number of carbonyl (C=O) groups excluding carboxylic acids is 2. The summed E-state index contributed by atoms with van der Waals surface area (Å²) in [6.45, 7) is 7.50. The molecule has 1 unspecified atom stereocenters. The Hall–Kier alpha value is -1.93. The van der Waals surface area contributed by atoms with Crippen LogP contribution in [-0.4, -0.2) is 66.9 Å². The third-order valence-electron chi connectivity index (χ3n) is 6.18. The monoisotopic (exact) mass is 435 g/mol. The molecule has 3 rings (SSSR count). The number of amides is 2. The zero-order chi connectivity index (χ0) is 21.9. The third-order valence-corrected chi connectivity index (χ3v) is 8.45. The minimum Gasteiger partial charge on any atom is -0.341 e. The largest absolute Gasteiger partial charge is 0.341 e. The van der Waals surface area contributed by atoms with Crippen LogP contribution in [0.25, 0.3) is 0 Å². The predicted molar refractivity (Wildman–Crippen MR) is 117 cm³/mol. The van der Waals surface area contributed by atoms with Crippen LogP contribution in [0, 0.1) is 12.8 Å². The van der Waals surface area contributed by atoms with E-state index in [1.165, 1.54) is 4.31 Å². The van der Waals surface area contributed by atoms with Gasteiger partial charge in [0.05, 0.1) is 5.25 Å². The molecule has 1 atom stereocenters. The Labute approximate surface area is 179 Å². The lowest BCUT2D eigenvalue weighted by molar-refractivity contribution is -0.133. The third kappa shape index (κ3) is 5.03. The Kier molecular flexibility index (Phi) is 7.18. The number of benzene rings is 1. The van der Waals surface area contributed by atoms with Crippen molar-refractivity contribution in [2.75, 3.05) is 26.2 Å². The molecule has 0 spiro atoms. The lowest BCUT2D eigenvalue weighted by Crippen LogP contribution is -2.54. The van der Waals surface area contributed by atoms with Gasteiger partial charge in [-0.1, -0.05) is 17.7 Å². The van der Waals surface area contributed by atoms with Gasteiger partial charge < -0.3 is 10.2 Å². The van der Waals surface area contributed by atoms with Crippen molar-refractivity contribution in [2.24, 2.45) is 5.92 Å². The maximum Gasteiger partial charge on any atom is 0.251 e. The molecule has 2 fully saturated rings. The van der Waals surface area contributed by atoms with Crippen molar-refractivity contribution in [3.8, 4) is 0 Å². The Morgan fingerprint density at radius 2 is 1.70 bits per heavy atom. The van der Waals surface area contributed by atoms with Crippen molar-refractivity contribution in [1.82, 2.24) is 14.5 Å². The Bertz CT molecular complexity index is 870. The molecule has 7 nitrogen and oxygen atoms in total. The van der Waals surface area contributed by atoms with Crippen molar-refractivity contribution in [3.05, 3.63) is 35.4 Å². The van der Waals surface area contributed by atoms with E-state index in [1.807, 2.05) is 30.0 Å². The summed E-state index contributed by atoms with van der Waals surface area (Å²) in [7, 11) is -3.31. The molecule has 30 heavy (non-hydrogen) atoms. The van der Waals surface area contributed by atoms with Crippen molar-refractivity contribution < 1.29 is 18.0 Å². The van der Waals surface area contributed by atoms with Gasteiger partial charge in [-0.3, -0.25) is 9.59 Å². The fourth-order valence-corrected chi connectivity index (χ4v) is 5.60. The van der Waals surface area contributed by atoms with Gasteiger partial charge in [-0.15, -0.1) is 0 Å². The average molecular weight is 436 g/mol. The Morgan fingerprint density at radius 1 is 1.07 bits per heavy atom. The van der Waals surface area contributed by atoms with Crippen molar-refractivity contribution in [2.45, 2.75) is 57.7 Å². The molecule has 2 amide bonds. The van der Waals surface area contributed by atoms with Crippen LogP contribution in [0.1, 0.15) is 55.5 Å². The standard InChI is InChI=1S/C22H33N3O4S/c1-16(2)30(28,29)25-13-9-18(10-14-25)20(22(27)24-11-4-5-12-24)23-21(26)19-8-6-7-17(3)15-19/h6-8,15-16,18,20H,4-5,9-14H2,1-3H3,(H,23,26). The van der Waals surface area contributed by atoms with Crippen LogP contribution in [0.2, 0.25) is 0 Å². The second-order valence-electron chi connectivity index (χ2n) is 8.68. The SMILES string of the molecule is Cc1cccc(C(=O)NC(C(=O)N2CCCC2)C2CCN(S(=O)(=O)C(C)C)CC2)c1. The lowest BCUT2D eigenvalue weighted by Gasteiger charge is -2.37. The molecule has 2 heterocycles. The number of sulfonamides is 1. The summed E-state index contributed by atoms with van der Waals surface area (Å²) >= 11 is 0.